The second-order valence-corrected chi connectivity index (χ2v) is 26.6. The van der Waals surface area contributed by atoms with Gasteiger partial charge in [-0.05, 0) is 114 Å². The van der Waals surface area contributed by atoms with Crippen LogP contribution in [0.4, 0.5) is 0 Å². The molecule has 6 amide bonds. The fourth-order valence-electron chi connectivity index (χ4n) is 12.2. The summed E-state index contributed by atoms with van der Waals surface area (Å²) in [5, 5.41) is 60.8. The summed E-state index contributed by atoms with van der Waals surface area (Å²) >= 11 is 6.22. The summed E-state index contributed by atoms with van der Waals surface area (Å²) in [4.78, 5) is 85.6. The number of nitrogens with two attached hydrogens (primary N) is 2. The summed E-state index contributed by atoms with van der Waals surface area (Å²) in [7, 11) is 1.99. The zero-order valence-corrected chi connectivity index (χ0v) is 59.1. The third kappa shape index (κ3) is 31.1. The highest BCUT2D eigenvalue weighted by molar-refractivity contribution is 6.30. The van der Waals surface area contributed by atoms with Gasteiger partial charge in [-0.25, -0.2) is 0 Å². The Morgan fingerprint density at radius 3 is 1.80 bits per heavy atom. The number of hydroxylamine groups is 1. The average Bonchev–Trinajstić information content (AvgIpc) is 1.73. The van der Waals surface area contributed by atoms with Crippen molar-refractivity contribution in [1.82, 2.24) is 67.1 Å². The first-order chi connectivity index (χ1) is 48.0. The molecule has 2 saturated heterocycles. The van der Waals surface area contributed by atoms with Crippen LogP contribution in [0.25, 0.3) is 0 Å². The number of nitrogens with zero attached hydrogens (tertiary/aromatic N) is 6. The molecule has 6 atom stereocenters. The number of nitrogens with one attached hydrogen (secondary N) is 7. The van der Waals surface area contributed by atoms with Crippen molar-refractivity contribution in [2.75, 3.05) is 105 Å². The van der Waals surface area contributed by atoms with Crippen molar-refractivity contribution in [3.05, 3.63) is 64.2 Å². The van der Waals surface area contributed by atoms with Crippen molar-refractivity contribution >= 4 is 47.0 Å². The van der Waals surface area contributed by atoms with Crippen molar-refractivity contribution in [3.8, 4) is 0 Å². The third-order valence-electron chi connectivity index (χ3n) is 18.0. The van der Waals surface area contributed by atoms with Crippen LogP contribution in [0, 0.1) is 6.92 Å². The Bertz CT molecular complexity index is 2770. The van der Waals surface area contributed by atoms with Gasteiger partial charge in [-0.3, -0.25) is 47.9 Å². The molecule has 6 rings (SSSR count). The van der Waals surface area contributed by atoms with Crippen molar-refractivity contribution in [3.63, 3.8) is 0 Å². The highest BCUT2D eigenvalue weighted by Gasteiger charge is 2.44. The van der Waals surface area contributed by atoms with E-state index in [4.69, 9.17) is 56.7 Å². The number of halogens is 1. The number of amides is 6. The van der Waals surface area contributed by atoms with Crippen LogP contribution in [0.5, 0.6) is 0 Å². The van der Waals surface area contributed by atoms with Crippen LogP contribution < -0.4 is 48.8 Å². The lowest BCUT2D eigenvalue weighted by atomic mass is 9.82. The largest absolute Gasteiger partial charge is 0.394 e. The van der Waals surface area contributed by atoms with Gasteiger partial charge in [0.05, 0.1) is 71.3 Å². The maximum absolute atomic E-state index is 13.7. The van der Waals surface area contributed by atoms with Gasteiger partial charge in [0.1, 0.15) is 35.6 Å². The highest BCUT2D eigenvalue weighted by atomic mass is 35.5. The minimum Gasteiger partial charge on any atom is -0.394 e. The van der Waals surface area contributed by atoms with Gasteiger partial charge in [-0.2, -0.15) is 10.6 Å². The predicted molar refractivity (Wildman–Crippen MR) is 369 cm³/mol. The molecule has 2 aromatic heterocycles. The van der Waals surface area contributed by atoms with Gasteiger partial charge in [-0.15, -0.1) is 5.10 Å². The highest BCUT2D eigenvalue weighted by Crippen LogP contribution is 2.36. The molecule has 30 nitrogen and oxygen atoms in total. The first kappa shape index (κ1) is 82.1. The molecule has 0 radical (unpaired) electrons. The monoisotopic (exact) mass is 1420 g/mol. The van der Waals surface area contributed by atoms with Gasteiger partial charge in [0, 0.05) is 114 Å². The number of carbonyl (C=O) groups is 6. The Morgan fingerprint density at radius 1 is 0.687 bits per heavy atom. The van der Waals surface area contributed by atoms with E-state index in [-0.39, 0.29) is 126 Å². The number of unbranched alkanes of at least 4 members (excludes halogenated alkanes) is 7. The summed E-state index contributed by atoms with van der Waals surface area (Å²) in [5.74, 6) is -0.726. The van der Waals surface area contributed by atoms with Gasteiger partial charge in [0.25, 0.3) is 5.91 Å². The molecule has 14 N–H and O–H groups in total. The first-order valence-corrected chi connectivity index (χ1v) is 36.2. The number of hydrogen-bond acceptors (Lipinski definition) is 22. The maximum atomic E-state index is 13.7. The Balaban J connectivity index is 0.843. The van der Waals surface area contributed by atoms with Crippen molar-refractivity contribution in [1.29, 1.82) is 0 Å². The molecule has 4 heterocycles. The molecule has 3 aromatic rings. The summed E-state index contributed by atoms with van der Waals surface area (Å²) in [5.41, 5.74) is 16.7. The molecule has 1 saturated carbocycles. The predicted octanol–water partition coefficient (Wildman–Crippen LogP) is 1.51. The number of carbonyl (C=O) groups excluding carboxylic acids is 6. The van der Waals surface area contributed by atoms with Gasteiger partial charge in [0.15, 0.2) is 0 Å². The van der Waals surface area contributed by atoms with Crippen molar-refractivity contribution in [2.45, 2.75) is 216 Å². The van der Waals surface area contributed by atoms with Crippen LogP contribution in [0.2, 0.25) is 5.02 Å². The number of hydrogen-bond donors (Lipinski definition) is 12. The summed E-state index contributed by atoms with van der Waals surface area (Å²) in [6.45, 7) is 5.87. The zero-order chi connectivity index (χ0) is 71.0. The fraction of sp³-hybridized carbons (Fsp3) is 0.750. The number of ether oxygens (including phenoxy) is 5. The molecular weight excluding hydrogens is 1300 g/mol. The number of rotatable bonds is 51. The molecule has 3 fully saturated rings. The van der Waals surface area contributed by atoms with E-state index >= 15 is 0 Å². The Kier molecular flexibility index (Phi) is 38.7. The second-order valence-electron chi connectivity index (χ2n) is 26.2. The minimum absolute atomic E-state index is 0.00716. The number of morpholine rings is 1. The van der Waals surface area contributed by atoms with E-state index < -0.39 is 42.9 Å². The van der Waals surface area contributed by atoms with Crippen molar-refractivity contribution in [2.24, 2.45) is 18.5 Å². The van der Waals surface area contributed by atoms with Gasteiger partial charge in [0.2, 0.25) is 35.8 Å². The van der Waals surface area contributed by atoms with E-state index in [0.717, 1.165) is 82.7 Å². The van der Waals surface area contributed by atoms with Crippen LogP contribution in [-0.4, -0.2) is 234 Å². The SMILES string of the molecule is Cc1cc(C2CCC(N3C[C@H](C(=O)NCc4cn(CCCNC(=O)CCCCCCCCCCC(=O)NC(COCCC(=O)NCCCN)(COCCC(=O)NCCCN)COCCC(=O)NCCCNO[C@H]5OC(CO)[C@H](O)C5O)nn4)OC[C@@H]3Cc3ccc(Cl)cc3)CC2)nn1C. The van der Waals surface area contributed by atoms with E-state index in [1.165, 1.54) is 11.3 Å². The number of aryl methyl sites for hydroxylation is 3. The molecule has 3 aliphatic rings. The summed E-state index contributed by atoms with van der Waals surface area (Å²) in [6.07, 6.45) is 11.6. The van der Waals surface area contributed by atoms with Gasteiger partial charge >= 0.3 is 0 Å². The number of aliphatic hydroxyl groups is 3. The first-order valence-electron chi connectivity index (χ1n) is 35.8. The quantitative estimate of drug-likeness (QED) is 0.0281. The molecule has 1 aliphatic carbocycles. The second kappa shape index (κ2) is 46.6. The molecule has 0 bridgehead atoms. The van der Waals surface area contributed by atoms with E-state index in [1.807, 2.05) is 30.1 Å². The topological polar surface area (TPSA) is 407 Å². The molecule has 0 spiro atoms. The standard InChI is InChI=1S/C68H114ClN15O15/c1-49-39-56(80-82(49)2)51-19-23-54(24-20-51)84-43-57(97-45-55(84)40-50-17-21-52(69)22-18-50)66(93)76-41-53-42-83(81-79-53)35-14-33-75-59(86)15-9-7-5-3-4-6-8-10-16-63(90)78-68(46-94-36-25-60(87)72-30-11-28-70,47-95-37-26-61(88)73-31-12-29-71)48-96-38-27-62(89)74-32-13-34-77-99-67-65(92)64(91)58(44-85)98-67/h17-18,21-22,39,42,51,54-55,57-58,64-65,67,77,85,91-92H,3-16,19-20,23-38,40-41,43-48,70-71H2,1-2H3,(H,72,87)(H,73,88)(H,74,89)(H,75,86)(H,76,93)(H,78,90)/t51?,54?,55-,57+,58?,64-,65?,67+/m0/s1. The molecule has 1 aromatic carbocycles. The van der Waals surface area contributed by atoms with Crippen LogP contribution in [0.3, 0.4) is 0 Å². The molecule has 2 unspecified atom stereocenters. The number of benzene rings is 1. The van der Waals surface area contributed by atoms with E-state index in [1.54, 1.807) is 4.68 Å². The Morgan fingerprint density at radius 2 is 1.24 bits per heavy atom. The normalized spacial score (nSPS) is 20.4. The lowest BCUT2D eigenvalue weighted by molar-refractivity contribution is -0.201. The van der Waals surface area contributed by atoms with Gasteiger partial charge < -0.3 is 82.4 Å². The third-order valence-corrected chi connectivity index (χ3v) is 18.3. The molecular formula is C68H114ClN15O15. The van der Waals surface area contributed by atoms with Crippen molar-refractivity contribution < 1.29 is 72.6 Å². The fourth-order valence-corrected chi connectivity index (χ4v) is 12.3. The van der Waals surface area contributed by atoms with Crippen LogP contribution in [0.1, 0.15) is 163 Å². The Labute approximate surface area is 587 Å². The smallest absolute Gasteiger partial charge is 0.250 e. The molecule has 2 aliphatic heterocycles. The lowest BCUT2D eigenvalue weighted by Crippen LogP contribution is -2.58. The molecule has 31 heteroatoms. The Hall–Kier alpha value is -5.84. The minimum atomic E-state index is -1.34. The number of aliphatic hydroxyl groups excluding tert-OH is 3. The van der Waals surface area contributed by atoms with E-state index in [0.29, 0.717) is 114 Å². The van der Waals surface area contributed by atoms with E-state index in [2.05, 4.69) is 77.7 Å². The zero-order valence-electron chi connectivity index (χ0n) is 58.3. The maximum Gasteiger partial charge on any atom is 0.250 e. The number of aromatic nitrogens is 5. The lowest BCUT2D eigenvalue weighted by Gasteiger charge is -2.45. The molecule has 99 heavy (non-hydrogen) atoms. The van der Waals surface area contributed by atoms with E-state index in [9.17, 15) is 44.1 Å². The van der Waals surface area contributed by atoms with Crippen LogP contribution in [-0.2, 0) is 83.8 Å². The van der Waals surface area contributed by atoms with Crippen LogP contribution in [0.15, 0.2) is 36.5 Å². The van der Waals surface area contributed by atoms with Crippen LogP contribution >= 0.6 is 11.6 Å². The summed E-state index contributed by atoms with van der Waals surface area (Å²) < 4.78 is 33.3. The molecule has 558 valence electrons. The van der Waals surface area contributed by atoms with Gasteiger partial charge in [-0.1, -0.05) is 67.5 Å². The average molecular weight is 1420 g/mol. The summed E-state index contributed by atoms with van der Waals surface area (Å²) in [6, 6.07) is 10.6.